The number of fused-ring (bicyclic) bond motifs is 1. The summed E-state index contributed by atoms with van der Waals surface area (Å²) < 4.78 is 1.65. The van der Waals surface area contributed by atoms with Gasteiger partial charge in [0.15, 0.2) is 16.3 Å². The van der Waals surface area contributed by atoms with Crippen molar-refractivity contribution in [1.82, 2.24) is 19.5 Å². The van der Waals surface area contributed by atoms with Gasteiger partial charge in [-0.15, -0.1) is 0 Å². The Bertz CT molecular complexity index is 596. The molecule has 0 aromatic carbocycles. The fraction of sp³-hybridized carbons (Fsp3) is 0.286. The molecule has 0 radical (unpaired) electrons. The third kappa shape index (κ3) is 1.68. The summed E-state index contributed by atoms with van der Waals surface area (Å²) in [5.74, 6) is 0. The van der Waals surface area contributed by atoms with E-state index in [1.807, 2.05) is 6.26 Å². The average molecular weight is 230 g/mol. The number of H-pyrrole nitrogens is 2. The molecule has 2 aromatic heterocycles. The van der Waals surface area contributed by atoms with Crippen molar-refractivity contribution in [3.05, 3.63) is 20.8 Å². The monoisotopic (exact) mass is 230 g/mol. The first-order valence-electron chi connectivity index (χ1n) is 3.86. The Kier molecular flexibility index (Phi) is 3.01. The normalized spacial score (nSPS) is 10.3. The number of aromatic amines is 2. The van der Waals surface area contributed by atoms with Gasteiger partial charge in [-0.3, -0.25) is 14.8 Å². The largest absolute Gasteiger partial charge is 0.412 e. The molecule has 7 nitrogen and oxygen atoms in total. The lowest BCUT2D eigenvalue weighted by Crippen LogP contribution is -2.22. The first-order chi connectivity index (χ1) is 6.63. The van der Waals surface area contributed by atoms with Gasteiger partial charge in [-0.25, -0.2) is 9.78 Å². The SMILES string of the molecule is CSc1nc2[nH]c(=O)[nH]c(=O)c2n1C.O. The van der Waals surface area contributed by atoms with E-state index in [0.29, 0.717) is 16.3 Å². The molecule has 2 aromatic rings. The van der Waals surface area contributed by atoms with E-state index in [9.17, 15) is 9.59 Å². The summed E-state index contributed by atoms with van der Waals surface area (Å²) in [7, 11) is 1.73. The number of hydrogen-bond acceptors (Lipinski definition) is 4. The standard InChI is InChI=1S/C7H8N4O2S.H2O/c1-11-3-4(9-7(11)14-2)8-6(13)10-5(3)12;/h1-2H3,(H2,8,10,12,13);1H2. The fourth-order valence-corrected chi connectivity index (χ4v) is 1.86. The smallest absolute Gasteiger partial charge is 0.327 e. The zero-order valence-corrected chi connectivity index (χ0v) is 8.94. The van der Waals surface area contributed by atoms with Gasteiger partial charge < -0.3 is 10.0 Å². The minimum atomic E-state index is -0.534. The van der Waals surface area contributed by atoms with E-state index in [1.165, 1.54) is 11.8 Å². The van der Waals surface area contributed by atoms with Crippen LogP contribution in [-0.2, 0) is 7.05 Å². The summed E-state index contributed by atoms with van der Waals surface area (Å²) in [6.07, 6.45) is 1.85. The number of aromatic nitrogens is 4. The van der Waals surface area contributed by atoms with E-state index < -0.39 is 11.2 Å². The van der Waals surface area contributed by atoms with Crippen LogP contribution in [0.15, 0.2) is 14.7 Å². The van der Waals surface area contributed by atoms with E-state index in [4.69, 9.17) is 0 Å². The Balaban J connectivity index is 0.00000112. The molecule has 2 rings (SSSR count). The second-order valence-corrected chi connectivity index (χ2v) is 3.54. The number of thioether (sulfide) groups is 1. The van der Waals surface area contributed by atoms with Crippen molar-refractivity contribution in [3.8, 4) is 0 Å². The van der Waals surface area contributed by atoms with Crippen molar-refractivity contribution >= 4 is 22.9 Å². The van der Waals surface area contributed by atoms with Gasteiger partial charge in [-0.2, -0.15) is 0 Å². The molecular weight excluding hydrogens is 220 g/mol. The van der Waals surface area contributed by atoms with Crippen LogP contribution in [0.3, 0.4) is 0 Å². The lowest BCUT2D eigenvalue weighted by molar-refractivity contribution is 0.812. The number of aryl methyl sites for hydroxylation is 1. The lowest BCUT2D eigenvalue weighted by atomic mass is 10.5. The Morgan fingerprint density at radius 2 is 2.00 bits per heavy atom. The number of nitrogens with one attached hydrogen (secondary N) is 2. The van der Waals surface area contributed by atoms with E-state index in [-0.39, 0.29) is 5.48 Å². The van der Waals surface area contributed by atoms with Gasteiger partial charge in [0.05, 0.1) is 0 Å². The van der Waals surface area contributed by atoms with Crippen LogP contribution in [0, 0.1) is 0 Å². The highest BCUT2D eigenvalue weighted by atomic mass is 32.2. The van der Waals surface area contributed by atoms with Crippen LogP contribution in [-0.4, -0.2) is 31.3 Å². The molecule has 0 fully saturated rings. The molecule has 0 aliphatic rings. The lowest BCUT2D eigenvalue weighted by Gasteiger charge is -1.95. The predicted octanol–water partition coefficient (Wildman–Crippen LogP) is -1.15. The van der Waals surface area contributed by atoms with E-state index in [2.05, 4.69) is 15.0 Å². The van der Waals surface area contributed by atoms with Crippen molar-refractivity contribution in [2.75, 3.05) is 6.26 Å². The zero-order valence-electron chi connectivity index (χ0n) is 8.12. The molecular formula is C7H10N4O3S. The topological polar surface area (TPSA) is 115 Å². The van der Waals surface area contributed by atoms with Gasteiger partial charge in [0.2, 0.25) is 0 Å². The highest BCUT2D eigenvalue weighted by Crippen LogP contribution is 2.15. The van der Waals surface area contributed by atoms with Crippen molar-refractivity contribution in [3.63, 3.8) is 0 Å². The maximum Gasteiger partial charge on any atom is 0.327 e. The highest BCUT2D eigenvalue weighted by molar-refractivity contribution is 7.98. The van der Waals surface area contributed by atoms with Crippen LogP contribution in [0.2, 0.25) is 0 Å². The molecule has 0 saturated heterocycles. The Morgan fingerprint density at radius 3 is 2.60 bits per heavy atom. The van der Waals surface area contributed by atoms with E-state index in [0.717, 1.165) is 0 Å². The van der Waals surface area contributed by atoms with Gasteiger partial charge in [-0.05, 0) is 6.26 Å². The van der Waals surface area contributed by atoms with Crippen molar-refractivity contribution in [2.45, 2.75) is 5.16 Å². The minimum Gasteiger partial charge on any atom is -0.412 e. The van der Waals surface area contributed by atoms with Crippen molar-refractivity contribution in [1.29, 1.82) is 0 Å². The van der Waals surface area contributed by atoms with E-state index >= 15 is 0 Å². The quantitative estimate of drug-likeness (QED) is 0.601. The van der Waals surface area contributed by atoms with E-state index in [1.54, 1.807) is 11.6 Å². The fourth-order valence-electron chi connectivity index (χ4n) is 1.31. The second-order valence-electron chi connectivity index (χ2n) is 2.76. The van der Waals surface area contributed by atoms with Gasteiger partial charge in [0, 0.05) is 7.05 Å². The molecule has 0 saturated carbocycles. The Labute approximate surface area is 87.8 Å². The number of hydrogen-bond donors (Lipinski definition) is 2. The van der Waals surface area contributed by atoms with Crippen molar-refractivity contribution in [2.24, 2.45) is 7.05 Å². The molecule has 2 heterocycles. The van der Waals surface area contributed by atoms with Gasteiger partial charge in [0.1, 0.15) is 0 Å². The first-order valence-corrected chi connectivity index (χ1v) is 5.09. The third-order valence-corrected chi connectivity index (χ3v) is 2.64. The minimum absolute atomic E-state index is 0. The summed E-state index contributed by atoms with van der Waals surface area (Å²) in [6, 6.07) is 0. The highest BCUT2D eigenvalue weighted by Gasteiger charge is 2.10. The first kappa shape index (κ1) is 11.5. The molecule has 4 N–H and O–H groups in total. The molecule has 0 amide bonds. The molecule has 0 atom stereocenters. The number of nitrogens with zero attached hydrogens (tertiary/aromatic N) is 2. The molecule has 82 valence electrons. The van der Waals surface area contributed by atoms with Crippen LogP contribution in [0.5, 0.6) is 0 Å². The maximum absolute atomic E-state index is 11.4. The number of rotatable bonds is 1. The van der Waals surface area contributed by atoms with Crippen LogP contribution in [0.4, 0.5) is 0 Å². The van der Waals surface area contributed by atoms with Crippen LogP contribution < -0.4 is 11.2 Å². The van der Waals surface area contributed by atoms with Gasteiger partial charge in [0.25, 0.3) is 5.56 Å². The molecule has 0 bridgehead atoms. The molecule has 0 spiro atoms. The maximum atomic E-state index is 11.4. The predicted molar refractivity (Wildman–Crippen MR) is 57.4 cm³/mol. The molecule has 0 aliphatic carbocycles. The van der Waals surface area contributed by atoms with Crippen LogP contribution in [0.1, 0.15) is 0 Å². The summed E-state index contributed by atoms with van der Waals surface area (Å²) in [5.41, 5.74) is -0.244. The molecule has 8 heteroatoms. The Hall–Kier alpha value is -1.54. The second kappa shape index (κ2) is 3.91. The zero-order chi connectivity index (χ0) is 10.3. The summed E-state index contributed by atoms with van der Waals surface area (Å²) in [4.78, 5) is 31.1. The molecule has 0 aliphatic heterocycles. The van der Waals surface area contributed by atoms with Crippen LogP contribution >= 0.6 is 11.8 Å². The van der Waals surface area contributed by atoms with Gasteiger partial charge >= 0.3 is 5.69 Å². The summed E-state index contributed by atoms with van der Waals surface area (Å²) in [6.45, 7) is 0. The Morgan fingerprint density at radius 1 is 1.33 bits per heavy atom. The van der Waals surface area contributed by atoms with Crippen LogP contribution in [0.25, 0.3) is 11.2 Å². The number of imidazole rings is 1. The van der Waals surface area contributed by atoms with Gasteiger partial charge in [-0.1, -0.05) is 11.8 Å². The van der Waals surface area contributed by atoms with Crippen molar-refractivity contribution < 1.29 is 5.48 Å². The summed E-state index contributed by atoms with van der Waals surface area (Å²) >= 11 is 1.41. The summed E-state index contributed by atoms with van der Waals surface area (Å²) in [5, 5.41) is 0.687. The molecule has 15 heavy (non-hydrogen) atoms. The average Bonchev–Trinajstić information content (AvgIpc) is 2.42. The molecule has 0 unspecified atom stereocenters. The third-order valence-electron chi connectivity index (χ3n) is 1.91.